The second-order valence-electron chi connectivity index (χ2n) is 1.90. The zero-order valence-electron chi connectivity index (χ0n) is 4.68. The average Bonchev–Trinajstić information content (AvgIpc) is 2.35. The summed E-state index contributed by atoms with van der Waals surface area (Å²) in [7, 11) is 0. The van der Waals surface area contributed by atoms with Gasteiger partial charge in [-0.15, -0.1) is 0 Å². The number of H-pyrrole nitrogens is 2. The van der Waals surface area contributed by atoms with E-state index in [4.69, 9.17) is 5.73 Å². The molecule has 4 N–H and O–H groups in total. The maximum Gasteiger partial charge on any atom is 0.106 e. The van der Waals surface area contributed by atoms with Gasteiger partial charge in [0.2, 0.25) is 0 Å². The van der Waals surface area contributed by atoms with Crippen LogP contribution in [-0.2, 0) is 0 Å². The van der Waals surface area contributed by atoms with Crippen molar-refractivity contribution in [1.82, 2.24) is 15.2 Å². The van der Waals surface area contributed by atoms with Crippen molar-refractivity contribution >= 4 is 16.7 Å². The van der Waals surface area contributed by atoms with Gasteiger partial charge in [0.1, 0.15) is 5.52 Å². The third kappa shape index (κ3) is 0.440. The molecule has 9 heavy (non-hydrogen) atoms. The van der Waals surface area contributed by atoms with Crippen molar-refractivity contribution in [2.24, 2.45) is 0 Å². The smallest absolute Gasteiger partial charge is 0.106 e. The van der Waals surface area contributed by atoms with Crippen LogP contribution in [-0.4, -0.2) is 15.2 Å². The van der Waals surface area contributed by atoms with Gasteiger partial charge in [0.15, 0.2) is 0 Å². The maximum absolute atomic E-state index is 5.52. The van der Waals surface area contributed by atoms with Gasteiger partial charge in [0.05, 0.1) is 17.4 Å². The highest BCUT2D eigenvalue weighted by atomic mass is 15.1. The molecule has 0 saturated carbocycles. The Morgan fingerprint density at radius 3 is 3.22 bits per heavy atom. The Hall–Kier alpha value is -1.45. The summed E-state index contributed by atoms with van der Waals surface area (Å²) in [6.07, 6.45) is 3.44. The van der Waals surface area contributed by atoms with Crippen LogP contribution in [0.25, 0.3) is 11.0 Å². The van der Waals surface area contributed by atoms with E-state index in [9.17, 15) is 0 Å². The molecule has 2 heterocycles. The number of fused-ring (bicyclic) bond motifs is 1. The molecule has 0 fully saturated rings. The molecule has 0 bridgehead atoms. The van der Waals surface area contributed by atoms with Crippen molar-refractivity contribution in [1.29, 1.82) is 0 Å². The molecule has 0 saturated heterocycles. The number of aromatic amines is 2. The third-order valence-electron chi connectivity index (χ3n) is 1.31. The highest BCUT2D eigenvalue weighted by Gasteiger charge is 1.98. The predicted octanol–water partition coefficient (Wildman–Crippen LogP) is 0.473. The van der Waals surface area contributed by atoms with Gasteiger partial charge in [-0.1, -0.05) is 0 Å². The maximum atomic E-state index is 5.52. The molecule has 0 atom stereocenters. The zero-order chi connectivity index (χ0) is 6.27. The molecule has 0 aliphatic heterocycles. The number of nitrogens with two attached hydrogens (primary N) is 1. The molecule has 2 rings (SSSR count). The number of nitrogens with zero attached hydrogens (tertiary/aromatic N) is 1. The minimum atomic E-state index is 0.711. The molecule has 2 aromatic rings. The van der Waals surface area contributed by atoms with Crippen LogP contribution >= 0.6 is 0 Å². The van der Waals surface area contributed by atoms with E-state index >= 15 is 0 Å². The summed E-state index contributed by atoms with van der Waals surface area (Å²) in [5.74, 6) is 0. The van der Waals surface area contributed by atoms with Crippen LogP contribution < -0.4 is 5.73 Å². The standard InChI is InChI=1S/C5H6N4/c6-3-1-7-4-2-8-9-5(3)4/h1-2,7H,6H2,(H,8,9). The zero-order valence-corrected chi connectivity index (χ0v) is 4.68. The first-order chi connectivity index (χ1) is 4.38. The number of hydrogen-bond donors (Lipinski definition) is 3. The van der Waals surface area contributed by atoms with Crippen molar-refractivity contribution in [3.05, 3.63) is 12.4 Å². The minimum absolute atomic E-state index is 0.711. The lowest BCUT2D eigenvalue weighted by Gasteiger charge is -1.77. The Bertz CT molecular complexity index is 318. The summed E-state index contributed by atoms with van der Waals surface area (Å²) in [6.45, 7) is 0. The van der Waals surface area contributed by atoms with Crippen LogP contribution in [0, 0.1) is 0 Å². The summed E-state index contributed by atoms with van der Waals surface area (Å²) in [5.41, 5.74) is 8.06. The quantitative estimate of drug-likeness (QED) is 0.475. The van der Waals surface area contributed by atoms with E-state index in [1.165, 1.54) is 0 Å². The van der Waals surface area contributed by atoms with Crippen LogP contribution in [0.15, 0.2) is 12.4 Å². The lowest BCUT2D eigenvalue weighted by Crippen LogP contribution is -1.80. The Morgan fingerprint density at radius 1 is 1.56 bits per heavy atom. The Kier molecular flexibility index (Phi) is 0.631. The third-order valence-corrected chi connectivity index (χ3v) is 1.31. The van der Waals surface area contributed by atoms with Gasteiger partial charge in [-0.05, 0) is 0 Å². The number of nitrogens with one attached hydrogen (secondary N) is 2. The molecule has 0 aliphatic rings. The lowest BCUT2D eigenvalue weighted by molar-refractivity contribution is 1.12. The van der Waals surface area contributed by atoms with Crippen molar-refractivity contribution in [2.75, 3.05) is 5.73 Å². The monoisotopic (exact) mass is 122 g/mol. The number of hydrogen-bond acceptors (Lipinski definition) is 2. The van der Waals surface area contributed by atoms with Gasteiger partial charge in [-0.2, -0.15) is 5.10 Å². The highest BCUT2D eigenvalue weighted by molar-refractivity contribution is 5.86. The van der Waals surface area contributed by atoms with Gasteiger partial charge in [0, 0.05) is 6.20 Å². The number of rotatable bonds is 0. The van der Waals surface area contributed by atoms with Gasteiger partial charge in [-0.25, -0.2) is 0 Å². The van der Waals surface area contributed by atoms with Crippen molar-refractivity contribution < 1.29 is 0 Å². The minimum Gasteiger partial charge on any atom is -0.396 e. The molecule has 2 aromatic heterocycles. The first-order valence-corrected chi connectivity index (χ1v) is 2.64. The van der Waals surface area contributed by atoms with Crippen LogP contribution in [0.1, 0.15) is 0 Å². The molecular formula is C5H6N4. The molecule has 46 valence electrons. The van der Waals surface area contributed by atoms with Crippen molar-refractivity contribution in [3.8, 4) is 0 Å². The summed E-state index contributed by atoms with van der Waals surface area (Å²) >= 11 is 0. The van der Waals surface area contributed by atoms with Crippen molar-refractivity contribution in [3.63, 3.8) is 0 Å². The van der Waals surface area contributed by atoms with Crippen LogP contribution in [0.4, 0.5) is 5.69 Å². The van der Waals surface area contributed by atoms with E-state index in [0.29, 0.717) is 5.69 Å². The number of nitrogen functional groups attached to an aromatic ring is 1. The van der Waals surface area contributed by atoms with E-state index in [1.807, 2.05) is 0 Å². The van der Waals surface area contributed by atoms with E-state index in [1.54, 1.807) is 12.4 Å². The lowest BCUT2D eigenvalue weighted by atomic mass is 10.4. The SMILES string of the molecule is Nc1c[nH]c2cn[nH]c12. The molecule has 0 spiro atoms. The summed E-state index contributed by atoms with van der Waals surface area (Å²) in [4.78, 5) is 2.95. The second kappa shape index (κ2) is 1.28. The second-order valence-corrected chi connectivity index (χ2v) is 1.90. The molecule has 0 aromatic carbocycles. The molecular weight excluding hydrogens is 116 g/mol. The Balaban J connectivity index is 2.99. The molecule has 4 heteroatoms. The normalized spacial score (nSPS) is 10.7. The first-order valence-electron chi connectivity index (χ1n) is 2.64. The molecule has 0 aliphatic carbocycles. The Morgan fingerprint density at radius 2 is 2.44 bits per heavy atom. The fourth-order valence-corrected chi connectivity index (χ4v) is 0.843. The fourth-order valence-electron chi connectivity index (χ4n) is 0.843. The van der Waals surface area contributed by atoms with E-state index in [-0.39, 0.29) is 0 Å². The van der Waals surface area contributed by atoms with Gasteiger partial charge >= 0.3 is 0 Å². The van der Waals surface area contributed by atoms with Gasteiger partial charge in [-0.3, -0.25) is 5.10 Å². The fraction of sp³-hybridized carbons (Fsp3) is 0. The molecule has 0 amide bonds. The number of aromatic nitrogens is 3. The highest BCUT2D eigenvalue weighted by Crippen LogP contribution is 2.14. The Labute approximate surface area is 51.1 Å². The predicted molar refractivity (Wildman–Crippen MR) is 34.9 cm³/mol. The first kappa shape index (κ1) is 4.43. The van der Waals surface area contributed by atoms with Gasteiger partial charge in [0.25, 0.3) is 0 Å². The van der Waals surface area contributed by atoms with Gasteiger partial charge < -0.3 is 10.7 Å². The molecule has 0 unspecified atom stereocenters. The summed E-state index contributed by atoms with van der Waals surface area (Å²) in [5, 5.41) is 6.55. The van der Waals surface area contributed by atoms with Crippen LogP contribution in [0.5, 0.6) is 0 Å². The van der Waals surface area contributed by atoms with E-state index in [2.05, 4.69) is 15.2 Å². The van der Waals surface area contributed by atoms with Crippen molar-refractivity contribution in [2.45, 2.75) is 0 Å². The van der Waals surface area contributed by atoms with E-state index < -0.39 is 0 Å². The molecule has 0 radical (unpaired) electrons. The summed E-state index contributed by atoms with van der Waals surface area (Å²) < 4.78 is 0. The largest absolute Gasteiger partial charge is 0.396 e. The molecule has 4 nitrogen and oxygen atoms in total. The van der Waals surface area contributed by atoms with E-state index in [0.717, 1.165) is 11.0 Å². The topological polar surface area (TPSA) is 70.5 Å². The average molecular weight is 122 g/mol. The summed E-state index contributed by atoms with van der Waals surface area (Å²) in [6, 6.07) is 0. The van der Waals surface area contributed by atoms with Crippen LogP contribution in [0.3, 0.4) is 0 Å². The van der Waals surface area contributed by atoms with Crippen LogP contribution in [0.2, 0.25) is 0 Å². The number of anilines is 1.